The molecule has 2 saturated heterocycles. The number of anilines is 1. The van der Waals surface area contributed by atoms with E-state index in [4.69, 9.17) is 0 Å². The van der Waals surface area contributed by atoms with E-state index >= 15 is 0 Å². The van der Waals surface area contributed by atoms with Crippen molar-refractivity contribution in [3.8, 4) is 0 Å². The fourth-order valence-corrected chi connectivity index (χ4v) is 5.77. The lowest BCUT2D eigenvalue weighted by Gasteiger charge is -2.34. The second-order valence-electron chi connectivity index (χ2n) is 7.69. The minimum absolute atomic E-state index is 0.0306. The van der Waals surface area contributed by atoms with E-state index in [2.05, 4.69) is 12.2 Å². The van der Waals surface area contributed by atoms with E-state index < -0.39 is 9.84 Å². The molecule has 0 saturated carbocycles. The van der Waals surface area contributed by atoms with Crippen LogP contribution < -0.4 is 5.32 Å². The fraction of sp³-hybridized carbons (Fsp3) is 0.600. The number of aryl methyl sites for hydroxylation is 1. The molecule has 0 radical (unpaired) electrons. The Morgan fingerprint density at radius 2 is 1.86 bits per heavy atom. The summed E-state index contributed by atoms with van der Waals surface area (Å²) in [5.74, 6) is 0.285. The van der Waals surface area contributed by atoms with Crippen molar-refractivity contribution in [1.82, 2.24) is 9.80 Å². The Morgan fingerprint density at radius 3 is 2.50 bits per heavy atom. The zero-order valence-electron chi connectivity index (χ0n) is 16.4. The van der Waals surface area contributed by atoms with Gasteiger partial charge in [-0.3, -0.25) is 14.5 Å². The van der Waals surface area contributed by atoms with Crippen LogP contribution in [-0.4, -0.2) is 74.3 Å². The third-order valence-corrected chi connectivity index (χ3v) is 7.39. The molecule has 1 aromatic rings. The van der Waals surface area contributed by atoms with Crippen molar-refractivity contribution in [2.75, 3.05) is 49.5 Å². The Morgan fingerprint density at radius 1 is 1.14 bits per heavy atom. The maximum Gasteiger partial charge on any atom is 0.238 e. The van der Waals surface area contributed by atoms with E-state index in [1.54, 1.807) is 4.90 Å². The molecule has 2 amide bonds. The van der Waals surface area contributed by atoms with Crippen LogP contribution in [0.2, 0.25) is 0 Å². The molecule has 1 aromatic carbocycles. The Labute approximate surface area is 167 Å². The number of benzene rings is 1. The number of piperazine rings is 1. The van der Waals surface area contributed by atoms with E-state index in [1.807, 2.05) is 29.2 Å². The first kappa shape index (κ1) is 20.8. The first-order valence-corrected chi connectivity index (χ1v) is 11.8. The molecule has 0 aliphatic carbocycles. The van der Waals surface area contributed by atoms with Crippen LogP contribution in [0.25, 0.3) is 0 Å². The molecule has 154 valence electrons. The van der Waals surface area contributed by atoms with Crippen molar-refractivity contribution < 1.29 is 18.0 Å². The van der Waals surface area contributed by atoms with Crippen LogP contribution in [0.3, 0.4) is 0 Å². The van der Waals surface area contributed by atoms with Gasteiger partial charge in [0.2, 0.25) is 11.8 Å². The van der Waals surface area contributed by atoms with E-state index in [-0.39, 0.29) is 29.2 Å². The SMILES string of the molecule is CCc1ccccc1NC(=O)CN1CCN(C(=O)C[C@H]2CCS(=O)(=O)C2)CC1. The average molecular weight is 408 g/mol. The maximum atomic E-state index is 12.4. The fourth-order valence-electron chi connectivity index (χ4n) is 3.91. The summed E-state index contributed by atoms with van der Waals surface area (Å²) in [6.07, 6.45) is 1.76. The summed E-state index contributed by atoms with van der Waals surface area (Å²) < 4.78 is 23.1. The zero-order valence-corrected chi connectivity index (χ0v) is 17.2. The molecule has 2 aliphatic rings. The lowest BCUT2D eigenvalue weighted by molar-refractivity contribution is -0.133. The lowest BCUT2D eigenvalue weighted by atomic mass is 10.0. The van der Waals surface area contributed by atoms with E-state index in [9.17, 15) is 18.0 Å². The minimum Gasteiger partial charge on any atom is -0.340 e. The molecule has 1 N–H and O–H groups in total. The highest BCUT2D eigenvalue weighted by molar-refractivity contribution is 7.91. The number of hydrogen-bond donors (Lipinski definition) is 1. The molecule has 0 spiro atoms. The van der Waals surface area contributed by atoms with Gasteiger partial charge in [0.25, 0.3) is 0 Å². The largest absolute Gasteiger partial charge is 0.340 e. The standard InChI is InChI=1S/C20H29N3O4S/c1-2-17-5-3-4-6-18(17)21-19(24)14-22-8-10-23(11-9-22)20(25)13-16-7-12-28(26,27)15-16/h3-6,16H,2,7-15H2,1H3,(H,21,24)/t16-/m1/s1. The molecular weight excluding hydrogens is 378 g/mol. The third-order valence-electron chi connectivity index (χ3n) is 5.55. The minimum atomic E-state index is -2.95. The number of nitrogens with zero attached hydrogens (tertiary/aromatic N) is 2. The highest BCUT2D eigenvalue weighted by Gasteiger charge is 2.31. The average Bonchev–Trinajstić information content (AvgIpc) is 3.01. The van der Waals surface area contributed by atoms with Gasteiger partial charge in [0.1, 0.15) is 0 Å². The summed E-state index contributed by atoms with van der Waals surface area (Å²) in [4.78, 5) is 28.7. The number of hydrogen-bond acceptors (Lipinski definition) is 5. The van der Waals surface area contributed by atoms with Crippen LogP contribution in [0, 0.1) is 5.92 Å². The van der Waals surface area contributed by atoms with E-state index in [1.165, 1.54) is 0 Å². The van der Waals surface area contributed by atoms with Gasteiger partial charge in [0, 0.05) is 38.3 Å². The van der Waals surface area contributed by atoms with Crippen molar-refractivity contribution in [3.05, 3.63) is 29.8 Å². The molecule has 0 aromatic heterocycles. The summed E-state index contributed by atoms with van der Waals surface area (Å²) in [5, 5.41) is 2.98. The zero-order chi connectivity index (χ0) is 20.1. The van der Waals surface area contributed by atoms with Gasteiger partial charge in [-0.05, 0) is 30.4 Å². The van der Waals surface area contributed by atoms with Crippen LogP contribution in [0.5, 0.6) is 0 Å². The highest BCUT2D eigenvalue weighted by Crippen LogP contribution is 2.22. The summed E-state index contributed by atoms with van der Waals surface area (Å²) in [5.41, 5.74) is 1.97. The van der Waals surface area contributed by atoms with Crippen LogP contribution in [0.4, 0.5) is 5.69 Å². The number of rotatable bonds is 6. The van der Waals surface area contributed by atoms with Gasteiger partial charge in [-0.2, -0.15) is 0 Å². The van der Waals surface area contributed by atoms with Gasteiger partial charge in [0.15, 0.2) is 9.84 Å². The molecule has 0 bridgehead atoms. The number of nitrogens with one attached hydrogen (secondary N) is 1. The highest BCUT2D eigenvalue weighted by atomic mass is 32.2. The normalized spacial score (nSPS) is 22.2. The molecule has 3 rings (SSSR count). The van der Waals surface area contributed by atoms with Crippen molar-refractivity contribution in [2.45, 2.75) is 26.2 Å². The molecule has 28 heavy (non-hydrogen) atoms. The predicted octanol–water partition coefficient (Wildman–Crippen LogP) is 1.16. The Balaban J connectivity index is 1.42. The third kappa shape index (κ3) is 5.54. The molecule has 1 atom stereocenters. The first-order valence-electron chi connectivity index (χ1n) is 9.94. The second kappa shape index (κ2) is 9.05. The Kier molecular flexibility index (Phi) is 6.72. The predicted molar refractivity (Wildman–Crippen MR) is 109 cm³/mol. The Bertz CT molecular complexity index is 816. The smallest absolute Gasteiger partial charge is 0.238 e. The number of amides is 2. The van der Waals surface area contributed by atoms with Crippen LogP contribution >= 0.6 is 0 Å². The quantitative estimate of drug-likeness (QED) is 0.765. The van der Waals surface area contributed by atoms with Crippen molar-refractivity contribution in [1.29, 1.82) is 0 Å². The topological polar surface area (TPSA) is 86.8 Å². The monoisotopic (exact) mass is 407 g/mol. The number of para-hydroxylation sites is 1. The van der Waals surface area contributed by atoms with Crippen molar-refractivity contribution in [2.24, 2.45) is 5.92 Å². The summed E-state index contributed by atoms with van der Waals surface area (Å²) >= 11 is 0. The van der Waals surface area contributed by atoms with Gasteiger partial charge >= 0.3 is 0 Å². The van der Waals surface area contributed by atoms with Gasteiger partial charge in [-0.1, -0.05) is 25.1 Å². The molecule has 7 nitrogen and oxygen atoms in total. The maximum absolute atomic E-state index is 12.4. The first-order chi connectivity index (χ1) is 13.4. The van der Waals surface area contributed by atoms with Crippen molar-refractivity contribution >= 4 is 27.3 Å². The molecule has 2 heterocycles. The molecule has 2 fully saturated rings. The van der Waals surface area contributed by atoms with Gasteiger partial charge in [-0.15, -0.1) is 0 Å². The molecule has 0 unspecified atom stereocenters. The van der Waals surface area contributed by atoms with Crippen LogP contribution in [-0.2, 0) is 25.8 Å². The second-order valence-corrected chi connectivity index (χ2v) is 9.92. The number of carbonyl (C=O) groups is 2. The van der Waals surface area contributed by atoms with Gasteiger partial charge in [0.05, 0.1) is 18.1 Å². The summed E-state index contributed by atoms with van der Waals surface area (Å²) in [6, 6.07) is 7.80. The van der Waals surface area contributed by atoms with Gasteiger partial charge < -0.3 is 10.2 Å². The molecule has 8 heteroatoms. The number of carbonyl (C=O) groups excluding carboxylic acids is 2. The number of sulfone groups is 1. The Hall–Kier alpha value is -1.93. The van der Waals surface area contributed by atoms with E-state index in [0.717, 1.165) is 17.7 Å². The lowest BCUT2D eigenvalue weighted by Crippen LogP contribution is -2.50. The van der Waals surface area contributed by atoms with E-state index in [0.29, 0.717) is 45.6 Å². The van der Waals surface area contributed by atoms with Crippen LogP contribution in [0.15, 0.2) is 24.3 Å². The summed E-state index contributed by atoms with van der Waals surface area (Å²) in [6.45, 7) is 4.83. The van der Waals surface area contributed by atoms with Crippen LogP contribution in [0.1, 0.15) is 25.3 Å². The van der Waals surface area contributed by atoms with Crippen molar-refractivity contribution in [3.63, 3.8) is 0 Å². The van der Waals surface area contributed by atoms with Gasteiger partial charge in [-0.25, -0.2) is 8.42 Å². The molecule has 2 aliphatic heterocycles. The summed E-state index contributed by atoms with van der Waals surface area (Å²) in [7, 11) is -2.95. The molecular formula is C20H29N3O4S.